The number of hydrogen-bond acceptors (Lipinski definition) is 3. The molecule has 0 radical (unpaired) electrons. The summed E-state index contributed by atoms with van der Waals surface area (Å²) in [6.07, 6.45) is 10.9. The Labute approximate surface area is 164 Å². The van der Waals surface area contributed by atoms with Crippen LogP contribution in [0.5, 0.6) is 0 Å². The molecule has 1 aliphatic heterocycles. The van der Waals surface area contributed by atoms with E-state index in [1.807, 2.05) is 6.20 Å². The molecule has 1 N–H and O–H groups in total. The molecule has 3 aromatic rings. The average Bonchev–Trinajstić information content (AvgIpc) is 3.21. The van der Waals surface area contributed by atoms with Crippen LogP contribution in [0.25, 0.3) is 22.2 Å². The first-order valence-electron chi connectivity index (χ1n) is 10.1. The van der Waals surface area contributed by atoms with E-state index in [-0.39, 0.29) is 0 Å². The lowest BCUT2D eigenvalue weighted by molar-refractivity contribution is 0.221. The fourth-order valence-electron chi connectivity index (χ4n) is 4.30. The van der Waals surface area contributed by atoms with Crippen LogP contribution in [0.4, 0.5) is 0 Å². The summed E-state index contributed by atoms with van der Waals surface area (Å²) < 4.78 is 2.06. The first kappa shape index (κ1) is 17.3. The largest absolute Gasteiger partial charge is 0.343 e. The van der Waals surface area contributed by atoms with Gasteiger partial charge < -0.3 is 9.88 Å². The normalized spacial score (nSPS) is 19.2. The number of nitrogens with one attached hydrogen (secondary N) is 1. The highest BCUT2D eigenvalue weighted by atomic mass is 35.5. The minimum absolute atomic E-state index is 0.575. The minimum Gasteiger partial charge on any atom is -0.343 e. The summed E-state index contributed by atoms with van der Waals surface area (Å²) in [6.45, 7) is 6.74. The zero-order valence-corrected chi connectivity index (χ0v) is 16.5. The van der Waals surface area contributed by atoms with E-state index in [9.17, 15) is 0 Å². The highest BCUT2D eigenvalue weighted by molar-refractivity contribution is 6.34. The number of H-pyrrole nitrogens is 1. The number of pyridine rings is 1. The predicted octanol–water partition coefficient (Wildman–Crippen LogP) is 4.69. The number of halogens is 1. The van der Waals surface area contributed by atoms with Gasteiger partial charge in [0, 0.05) is 47.1 Å². The van der Waals surface area contributed by atoms with Gasteiger partial charge in [-0.25, -0.2) is 4.98 Å². The number of piperidine rings is 1. The van der Waals surface area contributed by atoms with Crippen LogP contribution in [0, 0.1) is 5.92 Å². The average molecular weight is 384 g/mol. The van der Waals surface area contributed by atoms with Gasteiger partial charge in [0.15, 0.2) is 0 Å². The molecule has 1 saturated heterocycles. The summed E-state index contributed by atoms with van der Waals surface area (Å²) in [5, 5.41) is 6.36. The number of fused-ring (bicyclic) bond motifs is 1. The van der Waals surface area contributed by atoms with Crippen LogP contribution in [0.2, 0.25) is 5.02 Å². The molecule has 0 unspecified atom stereocenters. The van der Waals surface area contributed by atoms with Gasteiger partial charge in [-0.05, 0) is 57.3 Å². The first-order valence-corrected chi connectivity index (χ1v) is 10.5. The monoisotopic (exact) mass is 383 g/mol. The van der Waals surface area contributed by atoms with Gasteiger partial charge in [0.2, 0.25) is 0 Å². The lowest BCUT2D eigenvalue weighted by Crippen LogP contribution is -2.32. The summed E-state index contributed by atoms with van der Waals surface area (Å²) in [5.41, 5.74) is 4.36. The zero-order chi connectivity index (χ0) is 18.4. The van der Waals surface area contributed by atoms with Crippen molar-refractivity contribution in [3.05, 3.63) is 35.4 Å². The van der Waals surface area contributed by atoms with Crippen molar-refractivity contribution in [1.29, 1.82) is 0 Å². The maximum Gasteiger partial charge on any atom is 0.138 e. The molecule has 0 amide bonds. The maximum absolute atomic E-state index is 6.58. The van der Waals surface area contributed by atoms with Gasteiger partial charge in [-0.1, -0.05) is 18.5 Å². The first-order chi connectivity index (χ1) is 13.2. The molecule has 0 spiro atoms. The Kier molecular flexibility index (Phi) is 4.44. The predicted molar refractivity (Wildman–Crippen MR) is 109 cm³/mol. The van der Waals surface area contributed by atoms with Crippen molar-refractivity contribution < 1.29 is 0 Å². The molecule has 2 fully saturated rings. The lowest BCUT2D eigenvalue weighted by atomic mass is 9.93. The fraction of sp³-hybridized carbons (Fsp3) is 0.524. The van der Waals surface area contributed by atoms with Crippen molar-refractivity contribution in [3.8, 4) is 11.1 Å². The van der Waals surface area contributed by atoms with Gasteiger partial charge in [-0.15, -0.1) is 0 Å². The number of hydrogen-bond donors (Lipinski definition) is 1. The Morgan fingerprint density at radius 3 is 2.74 bits per heavy atom. The van der Waals surface area contributed by atoms with Gasteiger partial charge in [0.1, 0.15) is 5.65 Å². The molecule has 4 heterocycles. The Hall–Kier alpha value is -1.85. The summed E-state index contributed by atoms with van der Waals surface area (Å²) in [5.74, 6) is 1.38. The molecule has 0 bridgehead atoms. The van der Waals surface area contributed by atoms with E-state index < -0.39 is 0 Å². The molecule has 27 heavy (non-hydrogen) atoms. The Morgan fingerprint density at radius 1 is 1.19 bits per heavy atom. The second-order valence-electron chi connectivity index (χ2n) is 8.07. The second kappa shape index (κ2) is 6.95. The Morgan fingerprint density at radius 2 is 2.00 bits per heavy atom. The van der Waals surface area contributed by atoms with Gasteiger partial charge >= 0.3 is 0 Å². The third-order valence-electron chi connectivity index (χ3n) is 6.17. The van der Waals surface area contributed by atoms with Crippen molar-refractivity contribution in [3.63, 3.8) is 0 Å². The molecule has 1 saturated carbocycles. The number of nitrogens with zero attached hydrogens (tertiary/aromatic N) is 4. The smallest absolute Gasteiger partial charge is 0.138 e. The summed E-state index contributed by atoms with van der Waals surface area (Å²) in [4.78, 5) is 10.6. The van der Waals surface area contributed by atoms with Gasteiger partial charge in [0.05, 0.1) is 11.2 Å². The zero-order valence-electron chi connectivity index (χ0n) is 15.8. The van der Waals surface area contributed by atoms with Crippen molar-refractivity contribution >= 4 is 22.6 Å². The molecule has 3 aromatic heterocycles. The van der Waals surface area contributed by atoms with Crippen LogP contribution in [0.15, 0.2) is 24.7 Å². The molecule has 1 aliphatic carbocycles. The van der Waals surface area contributed by atoms with E-state index in [2.05, 4.69) is 43.8 Å². The van der Waals surface area contributed by atoms with E-state index in [1.165, 1.54) is 44.5 Å². The third-order valence-corrected chi connectivity index (χ3v) is 6.46. The fourth-order valence-corrected chi connectivity index (χ4v) is 4.56. The quantitative estimate of drug-likeness (QED) is 0.695. The highest BCUT2D eigenvalue weighted by Gasteiger charge is 2.24. The van der Waals surface area contributed by atoms with Crippen molar-refractivity contribution in [2.24, 2.45) is 5.92 Å². The molecule has 0 aromatic carbocycles. The molecule has 5 nitrogen and oxygen atoms in total. The van der Waals surface area contributed by atoms with E-state index in [0.717, 1.165) is 41.2 Å². The Balaban J connectivity index is 1.48. The lowest BCUT2D eigenvalue weighted by Gasteiger charge is -2.30. The van der Waals surface area contributed by atoms with Gasteiger partial charge in [0.25, 0.3) is 0 Å². The van der Waals surface area contributed by atoms with E-state index in [4.69, 9.17) is 11.6 Å². The summed E-state index contributed by atoms with van der Waals surface area (Å²) in [6, 6.07) is 2.27. The minimum atomic E-state index is 0.575. The van der Waals surface area contributed by atoms with Crippen LogP contribution >= 0.6 is 11.6 Å². The number of aromatic amines is 1. The number of likely N-dealkylation sites (tertiary alicyclic amines) is 1. The van der Waals surface area contributed by atoms with Gasteiger partial charge in [-0.2, -0.15) is 5.10 Å². The van der Waals surface area contributed by atoms with Crippen LogP contribution in [-0.2, 0) is 6.54 Å². The van der Waals surface area contributed by atoms with Crippen LogP contribution in [0.1, 0.15) is 44.2 Å². The molecule has 142 valence electrons. The van der Waals surface area contributed by atoms with Gasteiger partial charge in [-0.3, -0.25) is 4.68 Å². The molecule has 5 rings (SSSR count). The SMILES string of the molecule is CCN1CCC(c2cc3c(-c4cnn(CC5CC5)c4)c(Cl)cnc3[nH]2)CC1. The number of aromatic nitrogens is 4. The van der Waals surface area contributed by atoms with E-state index >= 15 is 0 Å². The third kappa shape index (κ3) is 3.39. The topological polar surface area (TPSA) is 49.7 Å². The standard InChI is InChI=1S/C21H26ClN5/c1-2-26-7-5-15(6-8-26)19-9-17-20(18(22)11-23-21(17)25-19)16-10-24-27(13-16)12-14-3-4-14/h9-11,13-15H,2-8,12H2,1H3,(H,23,25). The summed E-state index contributed by atoms with van der Waals surface area (Å²) in [7, 11) is 0. The Bertz CT molecular complexity index is 947. The van der Waals surface area contributed by atoms with Crippen molar-refractivity contribution in [1.82, 2.24) is 24.6 Å². The molecular formula is C21H26ClN5. The summed E-state index contributed by atoms with van der Waals surface area (Å²) >= 11 is 6.58. The highest BCUT2D eigenvalue weighted by Crippen LogP contribution is 2.37. The number of rotatable bonds is 5. The molecule has 0 atom stereocenters. The molecule has 6 heteroatoms. The van der Waals surface area contributed by atoms with Crippen LogP contribution in [-0.4, -0.2) is 44.3 Å². The van der Waals surface area contributed by atoms with Crippen LogP contribution < -0.4 is 0 Å². The van der Waals surface area contributed by atoms with E-state index in [1.54, 1.807) is 6.20 Å². The van der Waals surface area contributed by atoms with E-state index in [0.29, 0.717) is 10.9 Å². The molecule has 2 aliphatic rings. The van der Waals surface area contributed by atoms with Crippen molar-refractivity contribution in [2.45, 2.75) is 45.1 Å². The maximum atomic E-state index is 6.58. The van der Waals surface area contributed by atoms with Crippen LogP contribution in [0.3, 0.4) is 0 Å². The molecular weight excluding hydrogens is 358 g/mol. The second-order valence-corrected chi connectivity index (χ2v) is 8.48. The van der Waals surface area contributed by atoms with Crippen molar-refractivity contribution in [2.75, 3.05) is 19.6 Å².